The molecule has 0 atom stereocenters. The molecule has 6 heteroatoms. The first-order valence-corrected chi connectivity index (χ1v) is 11.5. The molecule has 5 rings (SSSR count). The van der Waals surface area contributed by atoms with Gasteiger partial charge in [-0.15, -0.1) is 0 Å². The molecular weight excluding hydrogens is 446 g/mol. The van der Waals surface area contributed by atoms with Crippen LogP contribution in [0, 0.1) is 0 Å². The highest BCUT2D eigenvalue weighted by Gasteiger charge is 2.35. The molecule has 4 aromatic carbocycles. The topological polar surface area (TPSA) is 63.7 Å². The number of hydrogen-bond donors (Lipinski definition) is 0. The lowest BCUT2D eigenvalue weighted by molar-refractivity contribution is -0.123. The maximum Gasteiger partial charge on any atom is 0.343 e. The van der Waals surface area contributed by atoms with Crippen LogP contribution in [0.25, 0.3) is 16.8 Å². The van der Waals surface area contributed by atoms with Crippen molar-refractivity contribution in [3.63, 3.8) is 0 Å². The van der Waals surface area contributed by atoms with Crippen molar-refractivity contribution in [1.82, 2.24) is 4.90 Å². The maximum atomic E-state index is 12.9. The zero-order valence-electron chi connectivity index (χ0n) is 18.0. The van der Waals surface area contributed by atoms with Crippen LogP contribution in [0.5, 0.6) is 5.75 Å². The molecule has 1 heterocycles. The molecule has 0 radical (unpaired) electrons. The fourth-order valence-corrected chi connectivity index (χ4v) is 4.52. The number of hydrogen-bond acceptors (Lipinski definition) is 5. The van der Waals surface area contributed by atoms with Gasteiger partial charge in [-0.05, 0) is 70.1 Å². The number of rotatable bonds is 5. The SMILES string of the molecule is O=C(Oc1ccc(/C=C2\SC(=O)N(Cc3ccc4ccccc4c3)C2=O)cc1)c1ccccc1. The van der Waals surface area contributed by atoms with E-state index in [4.69, 9.17) is 4.74 Å². The Kier molecular flexibility index (Phi) is 5.97. The number of imide groups is 1. The molecule has 0 unspecified atom stereocenters. The molecule has 0 aliphatic carbocycles. The van der Waals surface area contributed by atoms with Crippen LogP contribution in [0.3, 0.4) is 0 Å². The van der Waals surface area contributed by atoms with Crippen molar-refractivity contribution in [3.05, 3.63) is 119 Å². The number of amides is 2. The smallest absolute Gasteiger partial charge is 0.343 e. The van der Waals surface area contributed by atoms with Crippen molar-refractivity contribution in [2.24, 2.45) is 0 Å². The summed E-state index contributed by atoms with van der Waals surface area (Å²) >= 11 is 0.925. The molecule has 0 saturated carbocycles. The van der Waals surface area contributed by atoms with Gasteiger partial charge >= 0.3 is 5.97 Å². The molecule has 1 aliphatic heterocycles. The van der Waals surface area contributed by atoms with E-state index in [2.05, 4.69) is 0 Å². The fourth-order valence-electron chi connectivity index (χ4n) is 3.68. The van der Waals surface area contributed by atoms with Gasteiger partial charge in [-0.25, -0.2) is 4.79 Å². The summed E-state index contributed by atoms with van der Waals surface area (Å²) in [4.78, 5) is 39.2. The van der Waals surface area contributed by atoms with E-state index < -0.39 is 5.97 Å². The Hall–Kier alpha value is -4.16. The lowest BCUT2D eigenvalue weighted by atomic mass is 10.1. The molecule has 1 fully saturated rings. The monoisotopic (exact) mass is 465 g/mol. The first-order valence-electron chi connectivity index (χ1n) is 10.7. The second kappa shape index (κ2) is 9.37. The highest BCUT2D eigenvalue weighted by Crippen LogP contribution is 2.34. The number of ether oxygens (including phenoxy) is 1. The van der Waals surface area contributed by atoms with Gasteiger partial charge in [0.2, 0.25) is 0 Å². The first kappa shape index (κ1) is 21.7. The Morgan fingerprint density at radius 1 is 0.824 bits per heavy atom. The van der Waals surface area contributed by atoms with Crippen molar-refractivity contribution in [2.75, 3.05) is 0 Å². The van der Waals surface area contributed by atoms with Crippen molar-refractivity contribution in [2.45, 2.75) is 6.54 Å². The van der Waals surface area contributed by atoms with Gasteiger partial charge in [0.05, 0.1) is 17.0 Å². The third kappa shape index (κ3) is 4.63. The zero-order chi connectivity index (χ0) is 23.5. The standard InChI is InChI=1S/C28H19NO4S/c30-26-25(17-19-11-14-24(15-12-19)33-27(31)22-7-2-1-3-8-22)34-28(32)29(26)18-20-10-13-21-6-4-5-9-23(21)16-20/h1-17H,18H2/b25-17-. The third-order valence-electron chi connectivity index (χ3n) is 5.43. The normalized spacial score (nSPS) is 14.7. The molecular formula is C28H19NO4S. The quantitative estimate of drug-likeness (QED) is 0.197. The number of thioether (sulfide) groups is 1. The van der Waals surface area contributed by atoms with E-state index in [0.29, 0.717) is 16.2 Å². The number of carbonyl (C=O) groups excluding carboxylic acids is 3. The van der Waals surface area contributed by atoms with Gasteiger partial charge in [0.15, 0.2) is 0 Å². The summed E-state index contributed by atoms with van der Waals surface area (Å²) in [5, 5.41) is 1.88. The van der Waals surface area contributed by atoms with E-state index in [1.165, 1.54) is 4.90 Å². The predicted octanol–water partition coefficient (Wildman–Crippen LogP) is 6.30. The lowest BCUT2D eigenvalue weighted by Crippen LogP contribution is -2.27. The van der Waals surface area contributed by atoms with E-state index in [-0.39, 0.29) is 17.7 Å². The van der Waals surface area contributed by atoms with Crippen LogP contribution in [0.1, 0.15) is 21.5 Å². The van der Waals surface area contributed by atoms with Crippen molar-refractivity contribution in [3.8, 4) is 5.75 Å². The highest BCUT2D eigenvalue weighted by atomic mass is 32.2. The van der Waals surface area contributed by atoms with E-state index in [1.54, 1.807) is 54.6 Å². The Balaban J connectivity index is 1.28. The van der Waals surface area contributed by atoms with E-state index >= 15 is 0 Å². The predicted molar refractivity (Wildman–Crippen MR) is 133 cm³/mol. The Labute approximate surface area is 200 Å². The molecule has 1 saturated heterocycles. The van der Waals surface area contributed by atoms with Crippen LogP contribution in [0.15, 0.2) is 102 Å². The first-order chi connectivity index (χ1) is 16.6. The number of benzene rings is 4. The summed E-state index contributed by atoms with van der Waals surface area (Å²) in [5.41, 5.74) is 2.09. The summed E-state index contributed by atoms with van der Waals surface area (Å²) in [6.07, 6.45) is 1.67. The zero-order valence-corrected chi connectivity index (χ0v) is 18.8. The number of nitrogens with zero attached hydrogens (tertiary/aromatic N) is 1. The highest BCUT2D eigenvalue weighted by molar-refractivity contribution is 8.18. The summed E-state index contributed by atoms with van der Waals surface area (Å²) < 4.78 is 5.38. The van der Waals surface area contributed by atoms with Crippen molar-refractivity contribution >= 4 is 45.7 Å². The summed E-state index contributed by atoms with van der Waals surface area (Å²) in [6.45, 7) is 0.223. The minimum atomic E-state index is -0.442. The molecule has 4 aromatic rings. The van der Waals surface area contributed by atoms with Crippen LogP contribution < -0.4 is 4.74 Å². The lowest BCUT2D eigenvalue weighted by Gasteiger charge is -2.13. The molecule has 1 aliphatic rings. The molecule has 0 spiro atoms. The van der Waals surface area contributed by atoms with Gasteiger partial charge in [-0.2, -0.15) is 0 Å². The molecule has 0 bridgehead atoms. The largest absolute Gasteiger partial charge is 0.423 e. The van der Waals surface area contributed by atoms with Gasteiger partial charge < -0.3 is 4.74 Å². The van der Waals surface area contributed by atoms with Crippen LogP contribution in [0.4, 0.5) is 4.79 Å². The van der Waals surface area contributed by atoms with Crippen LogP contribution in [-0.4, -0.2) is 22.0 Å². The minimum Gasteiger partial charge on any atom is -0.423 e. The Morgan fingerprint density at radius 3 is 2.29 bits per heavy atom. The second-order valence-electron chi connectivity index (χ2n) is 7.77. The average Bonchev–Trinajstić information content (AvgIpc) is 3.13. The summed E-state index contributed by atoms with van der Waals surface area (Å²) in [5.74, 6) is -0.360. The van der Waals surface area contributed by atoms with Gasteiger partial charge in [0.1, 0.15) is 5.75 Å². The molecule has 5 nitrogen and oxygen atoms in total. The summed E-state index contributed by atoms with van der Waals surface area (Å²) in [7, 11) is 0. The van der Waals surface area contributed by atoms with Gasteiger partial charge in [-0.3, -0.25) is 14.5 Å². The van der Waals surface area contributed by atoms with Crippen LogP contribution >= 0.6 is 11.8 Å². The summed E-state index contributed by atoms with van der Waals surface area (Å²) in [6, 6.07) is 29.4. The molecule has 166 valence electrons. The number of carbonyl (C=O) groups is 3. The van der Waals surface area contributed by atoms with Gasteiger partial charge in [-0.1, -0.05) is 66.7 Å². The van der Waals surface area contributed by atoms with Crippen molar-refractivity contribution < 1.29 is 19.1 Å². The van der Waals surface area contributed by atoms with Gasteiger partial charge in [0.25, 0.3) is 11.1 Å². The van der Waals surface area contributed by atoms with Crippen LogP contribution in [0.2, 0.25) is 0 Å². The molecule has 0 aromatic heterocycles. The third-order valence-corrected chi connectivity index (χ3v) is 6.33. The Bertz CT molecular complexity index is 1430. The number of fused-ring (bicyclic) bond motifs is 1. The maximum absolute atomic E-state index is 12.9. The van der Waals surface area contributed by atoms with Crippen molar-refractivity contribution in [1.29, 1.82) is 0 Å². The molecule has 2 amide bonds. The fraction of sp³-hybridized carbons (Fsp3) is 0.0357. The van der Waals surface area contributed by atoms with E-state index in [9.17, 15) is 14.4 Å². The molecule has 34 heavy (non-hydrogen) atoms. The van der Waals surface area contributed by atoms with E-state index in [0.717, 1.165) is 33.7 Å². The Morgan fingerprint density at radius 2 is 1.53 bits per heavy atom. The average molecular weight is 466 g/mol. The van der Waals surface area contributed by atoms with E-state index in [1.807, 2.05) is 48.5 Å². The second-order valence-corrected chi connectivity index (χ2v) is 8.77. The van der Waals surface area contributed by atoms with Crippen LogP contribution in [-0.2, 0) is 11.3 Å². The minimum absolute atomic E-state index is 0.223. The number of esters is 1. The van der Waals surface area contributed by atoms with Gasteiger partial charge in [0, 0.05) is 0 Å². The molecule has 0 N–H and O–H groups in total.